The van der Waals surface area contributed by atoms with Crippen LogP contribution in [-0.4, -0.2) is 70.0 Å². The molecule has 2 saturated heterocycles. The lowest BCUT2D eigenvalue weighted by atomic mass is 9.90. The molecule has 220 valence electrons. The summed E-state index contributed by atoms with van der Waals surface area (Å²) in [7, 11) is 0. The standard InChI is InChI=1S/C35H38N6O2/c1-3-4-25(2)19-27-10-13-40(14-11-27)23-28-9-12-36-32(20-28)33(42)21-26-5-7-29(8-6-26)31-22-30-34(39-31)37-24-38-35(30)41-15-17-43-18-16-41/h5-9,12,20,22,24,27H,2,10-11,13-19,21,23H2,1H3,(H,37,38,39). The smallest absolute Gasteiger partial charge is 0.185 e. The van der Waals surface area contributed by atoms with Gasteiger partial charge < -0.3 is 14.6 Å². The van der Waals surface area contributed by atoms with Crippen LogP contribution in [-0.2, 0) is 17.7 Å². The van der Waals surface area contributed by atoms with Crippen molar-refractivity contribution in [2.24, 2.45) is 5.92 Å². The number of pyridine rings is 1. The molecule has 1 aromatic carbocycles. The number of hydrogen-bond donors (Lipinski definition) is 1. The fourth-order valence-corrected chi connectivity index (χ4v) is 6.10. The highest BCUT2D eigenvalue weighted by Gasteiger charge is 2.21. The van der Waals surface area contributed by atoms with Gasteiger partial charge in [0.05, 0.1) is 18.6 Å². The number of fused-ring (bicyclic) bond motifs is 1. The monoisotopic (exact) mass is 574 g/mol. The van der Waals surface area contributed by atoms with Gasteiger partial charge in [-0.1, -0.05) is 36.8 Å². The third kappa shape index (κ3) is 7.02. The SMILES string of the molecule is C=C(C#CC)CC1CCN(Cc2ccnc(C(=O)Cc3ccc(-c4cc5c(N6CCOCC6)ncnc5[nH]4)cc3)c2)CC1. The molecule has 0 bridgehead atoms. The molecule has 8 nitrogen and oxygen atoms in total. The molecule has 4 aromatic rings. The lowest BCUT2D eigenvalue weighted by molar-refractivity contribution is 0.0988. The number of morpholine rings is 1. The molecule has 8 heteroatoms. The van der Waals surface area contributed by atoms with Crippen LogP contribution in [0.5, 0.6) is 0 Å². The molecule has 2 aliphatic heterocycles. The number of likely N-dealkylation sites (tertiary alicyclic amines) is 1. The molecule has 0 saturated carbocycles. The molecular formula is C35H38N6O2. The Morgan fingerprint density at radius 3 is 2.58 bits per heavy atom. The highest BCUT2D eigenvalue weighted by atomic mass is 16.5. The van der Waals surface area contributed by atoms with Gasteiger partial charge in [0.15, 0.2) is 5.78 Å². The van der Waals surface area contributed by atoms with Crippen molar-refractivity contribution in [3.8, 4) is 23.1 Å². The van der Waals surface area contributed by atoms with E-state index in [9.17, 15) is 4.79 Å². The van der Waals surface area contributed by atoms with Crippen LogP contribution < -0.4 is 4.90 Å². The van der Waals surface area contributed by atoms with E-state index in [0.717, 1.165) is 96.8 Å². The van der Waals surface area contributed by atoms with Crippen LogP contribution in [0.3, 0.4) is 0 Å². The Hall–Kier alpha value is -4.32. The van der Waals surface area contributed by atoms with Crippen LogP contribution in [0.25, 0.3) is 22.3 Å². The summed E-state index contributed by atoms with van der Waals surface area (Å²) in [6.45, 7) is 11.9. The zero-order valence-corrected chi connectivity index (χ0v) is 24.8. The van der Waals surface area contributed by atoms with Crippen molar-refractivity contribution in [2.75, 3.05) is 44.3 Å². The van der Waals surface area contributed by atoms with Gasteiger partial charge in [-0.15, -0.1) is 5.92 Å². The maximum Gasteiger partial charge on any atom is 0.185 e. The van der Waals surface area contributed by atoms with Gasteiger partial charge in [0.1, 0.15) is 23.5 Å². The molecule has 43 heavy (non-hydrogen) atoms. The second-order valence-corrected chi connectivity index (χ2v) is 11.5. The number of aromatic amines is 1. The van der Waals surface area contributed by atoms with E-state index in [1.54, 1.807) is 12.5 Å². The molecule has 0 radical (unpaired) electrons. The van der Waals surface area contributed by atoms with Gasteiger partial charge in [-0.2, -0.15) is 0 Å². The summed E-state index contributed by atoms with van der Waals surface area (Å²) in [5.41, 5.74) is 6.48. The minimum absolute atomic E-state index is 0.0277. The van der Waals surface area contributed by atoms with E-state index >= 15 is 0 Å². The van der Waals surface area contributed by atoms with Gasteiger partial charge in [-0.3, -0.25) is 14.7 Å². The zero-order valence-electron chi connectivity index (χ0n) is 24.8. The van der Waals surface area contributed by atoms with Crippen LogP contribution in [0.2, 0.25) is 0 Å². The molecule has 6 rings (SSSR count). The Kier molecular flexibility index (Phi) is 8.92. The van der Waals surface area contributed by atoms with E-state index in [2.05, 4.69) is 54.2 Å². The third-order valence-corrected chi connectivity index (χ3v) is 8.41. The number of carbonyl (C=O) groups excluding carboxylic acids is 1. The number of nitrogens with zero attached hydrogens (tertiary/aromatic N) is 5. The first-order valence-electron chi connectivity index (χ1n) is 15.1. The van der Waals surface area contributed by atoms with E-state index in [-0.39, 0.29) is 5.78 Å². The predicted molar refractivity (Wildman–Crippen MR) is 170 cm³/mol. The van der Waals surface area contributed by atoms with Gasteiger partial charge in [-0.25, -0.2) is 9.97 Å². The predicted octanol–water partition coefficient (Wildman–Crippen LogP) is 5.46. The van der Waals surface area contributed by atoms with Crippen LogP contribution in [0, 0.1) is 17.8 Å². The average molecular weight is 575 g/mol. The van der Waals surface area contributed by atoms with Gasteiger partial charge in [0, 0.05) is 37.9 Å². The summed E-state index contributed by atoms with van der Waals surface area (Å²) in [5, 5.41) is 1.00. The lowest BCUT2D eigenvalue weighted by Gasteiger charge is -2.32. The molecule has 0 spiro atoms. The summed E-state index contributed by atoms with van der Waals surface area (Å²) in [5.74, 6) is 7.66. The van der Waals surface area contributed by atoms with Gasteiger partial charge in [0.25, 0.3) is 0 Å². The first-order valence-corrected chi connectivity index (χ1v) is 15.1. The second kappa shape index (κ2) is 13.3. The molecule has 0 aliphatic carbocycles. The number of rotatable bonds is 9. The number of anilines is 1. The topological polar surface area (TPSA) is 87.2 Å². The largest absolute Gasteiger partial charge is 0.378 e. The van der Waals surface area contributed by atoms with E-state index in [1.165, 1.54) is 0 Å². The van der Waals surface area contributed by atoms with Gasteiger partial charge in [-0.05, 0) is 85.7 Å². The molecule has 2 fully saturated rings. The lowest BCUT2D eigenvalue weighted by Crippen LogP contribution is -2.36. The van der Waals surface area contributed by atoms with Crippen molar-refractivity contribution >= 4 is 22.6 Å². The quantitative estimate of drug-likeness (QED) is 0.210. The molecule has 0 amide bonds. The average Bonchev–Trinajstić information content (AvgIpc) is 3.48. The molecule has 3 aromatic heterocycles. The number of allylic oxidation sites excluding steroid dienone is 1. The number of H-pyrrole nitrogens is 1. The molecule has 0 unspecified atom stereocenters. The van der Waals surface area contributed by atoms with Crippen LogP contribution in [0.4, 0.5) is 5.82 Å². The van der Waals surface area contributed by atoms with E-state index in [1.807, 2.05) is 43.3 Å². The first-order chi connectivity index (χ1) is 21.1. The van der Waals surface area contributed by atoms with Crippen molar-refractivity contribution in [2.45, 2.75) is 39.2 Å². The van der Waals surface area contributed by atoms with Crippen LogP contribution >= 0.6 is 0 Å². The van der Waals surface area contributed by atoms with Gasteiger partial charge >= 0.3 is 0 Å². The van der Waals surface area contributed by atoms with Crippen molar-refractivity contribution in [1.82, 2.24) is 24.8 Å². The number of hydrogen-bond acceptors (Lipinski definition) is 7. The van der Waals surface area contributed by atoms with Crippen molar-refractivity contribution < 1.29 is 9.53 Å². The Morgan fingerprint density at radius 1 is 1.02 bits per heavy atom. The Morgan fingerprint density at radius 2 is 1.81 bits per heavy atom. The minimum Gasteiger partial charge on any atom is -0.378 e. The molecule has 2 aliphatic rings. The molecule has 0 atom stereocenters. The van der Waals surface area contributed by atoms with Crippen molar-refractivity contribution in [3.05, 3.63) is 84.0 Å². The maximum atomic E-state index is 13.2. The number of aromatic nitrogens is 4. The van der Waals surface area contributed by atoms with E-state index < -0.39 is 0 Å². The number of ketones is 1. The van der Waals surface area contributed by atoms with Crippen LogP contribution in [0.1, 0.15) is 47.8 Å². The molecular weight excluding hydrogens is 536 g/mol. The Bertz CT molecular complexity index is 1650. The number of nitrogens with one attached hydrogen (secondary N) is 1. The van der Waals surface area contributed by atoms with Crippen molar-refractivity contribution in [3.63, 3.8) is 0 Å². The number of benzene rings is 1. The summed E-state index contributed by atoms with van der Waals surface area (Å²) in [6, 6.07) is 14.2. The Labute approximate surface area is 253 Å². The fraction of sp³-hybridized carbons (Fsp3) is 0.371. The third-order valence-electron chi connectivity index (χ3n) is 8.41. The summed E-state index contributed by atoms with van der Waals surface area (Å²) >= 11 is 0. The number of ether oxygens (including phenoxy) is 1. The van der Waals surface area contributed by atoms with Gasteiger partial charge in [0.2, 0.25) is 0 Å². The Balaban J connectivity index is 1.06. The van der Waals surface area contributed by atoms with Crippen LogP contribution in [0.15, 0.2) is 67.1 Å². The maximum absolute atomic E-state index is 13.2. The van der Waals surface area contributed by atoms with E-state index in [4.69, 9.17) is 4.74 Å². The summed E-state index contributed by atoms with van der Waals surface area (Å²) < 4.78 is 5.50. The highest BCUT2D eigenvalue weighted by Crippen LogP contribution is 2.29. The molecule has 1 N–H and O–H groups in total. The zero-order chi connectivity index (χ0) is 29.6. The number of carbonyl (C=O) groups is 1. The fourth-order valence-electron chi connectivity index (χ4n) is 6.10. The number of piperidine rings is 1. The minimum atomic E-state index is 0.0277. The highest BCUT2D eigenvalue weighted by molar-refractivity contribution is 5.96. The van der Waals surface area contributed by atoms with E-state index in [0.29, 0.717) is 31.2 Å². The second-order valence-electron chi connectivity index (χ2n) is 11.5. The van der Waals surface area contributed by atoms with Crippen molar-refractivity contribution in [1.29, 1.82) is 0 Å². The summed E-state index contributed by atoms with van der Waals surface area (Å²) in [6.07, 6.45) is 6.98. The summed E-state index contributed by atoms with van der Waals surface area (Å²) in [4.78, 5) is 34.7. The number of Topliss-reactive ketones (excluding diaryl/α,β-unsaturated/α-hetero) is 1. The molecule has 5 heterocycles. The first kappa shape index (κ1) is 28.8. The normalized spacial score (nSPS) is 16.2.